The number of morpholine rings is 1. The van der Waals surface area contributed by atoms with Gasteiger partial charge in [-0.3, -0.25) is 9.88 Å². The average molecular weight is 482 g/mol. The number of aromatic nitrogens is 3. The lowest BCUT2D eigenvalue weighted by atomic mass is 10.0. The molecule has 4 aromatic rings. The van der Waals surface area contributed by atoms with E-state index in [-0.39, 0.29) is 0 Å². The summed E-state index contributed by atoms with van der Waals surface area (Å²) in [7, 11) is 1.67. The number of rotatable bonds is 9. The molecule has 0 spiro atoms. The molecule has 7 nitrogen and oxygen atoms in total. The largest absolute Gasteiger partial charge is 0.497 e. The van der Waals surface area contributed by atoms with Crippen molar-refractivity contribution in [2.24, 2.45) is 0 Å². The Hall–Kier alpha value is -3.81. The monoisotopic (exact) mass is 481 g/mol. The van der Waals surface area contributed by atoms with Crippen molar-refractivity contribution in [1.29, 1.82) is 0 Å². The second kappa shape index (κ2) is 11.7. The van der Waals surface area contributed by atoms with Crippen LogP contribution in [0.15, 0.2) is 79.1 Å². The number of nitrogens with zero attached hydrogens (tertiary/aromatic N) is 4. The van der Waals surface area contributed by atoms with Gasteiger partial charge in [0, 0.05) is 54.8 Å². The molecule has 5 rings (SSSR count). The molecule has 1 N–H and O–H groups in total. The standard InChI is InChI=1S/C29H31N5O2/c1-35-26-10-8-22(9-11-26)24-18-25(21-30-20-24)27-19-28(31-12-5-13-34-14-16-36-17-15-34)33-29(32-27)23-6-3-2-4-7-23/h2-4,6-11,18-21H,5,12-17H2,1H3,(H,31,32,33). The van der Waals surface area contributed by atoms with Crippen LogP contribution in [0.5, 0.6) is 5.75 Å². The SMILES string of the molecule is COc1ccc(-c2cncc(-c3cc(NCCCN4CCOCC4)nc(-c4ccccc4)n3)c2)cc1. The van der Waals surface area contributed by atoms with E-state index in [1.807, 2.05) is 73.1 Å². The van der Waals surface area contributed by atoms with E-state index in [2.05, 4.69) is 21.3 Å². The Bertz CT molecular complexity index is 1260. The van der Waals surface area contributed by atoms with Gasteiger partial charge in [0.15, 0.2) is 5.82 Å². The van der Waals surface area contributed by atoms with Crippen LogP contribution < -0.4 is 10.1 Å². The molecule has 2 aromatic carbocycles. The lowest BCUT2D eigenvalue weighted by Crippen LogP contribution is -2.37. The fourth-order valence-electron chi connectivity index (χ4n) is 4.27. The highest BCUT2D eigenvalue weighted by atomic mass is 16.5. The second-order valence-electron chi connectivity index (χ2n) is 8.75. The molecule has 0 unspecified atom stereocenters. The Morgan fingerprint density at radius 1 is 0.861 bits per heavy atom. The van der Waals surface area contributed by atoms with Crippen molar-refractivity contribution in [1.82, 2.24) is 19.9 Å². The maximum absolute atomic E-state index is 5.45. The Labute approximate surface area is 212 Å². The summed E-state index contributed by atoms with van der Waals surface area (Å²) in [6, 6.07) is 22.2. The predicted octanol–water partition coefficient (Wildman–Crippen LogP) is 5.02. The Balaban J connectivity index is 1.39. The van der Waals surface area contributed by atoms with Gasteiger partial charge in [-0.25, -0.2) is 9.97 Å². The van der Waals surface area contributed by atoms with E-state index in [1.54, 1.807) is 7.11 Å². The molecule has 1 fully saturated rings. The van der Waals surface area contributed by atoms with Gasteiger partial charge in [-0.1, -0.05) is 42.5 Å². The van der Waals surface area contributed by atoms with Crippen LogP contribution in [0.4, 0.5) is 5.82 Å². The average Bonchev–Trinajstić information content (AvgIpc) is 2.96. The van der Waals surface area contributed by atoms with E-state index < -0.39 is 0 Å². The van der Waals surface area contributed by atoms with E-state index in [9.17, 15) is 0 Å². The minimum absolute atomic E-state index is 0.693. The van der Waals surface area contributed by atoms with Crippen LogP contribution in [-0.2, 0) is 4.74 Å². The summed E-state index contributed by atoms with van der Waals surface area (Å²) in [6.45, 7) is 5.56. The van der Waals surface area contributed by atoms with Gasteiger partial charge in [0.05, 0.1) is 26.0 Å². The highest BCUT2D eigenvalue weighted by molar-refractivity contribution is 5.73. The molecule has 36 heavy (non-hydrogen) atoms. The first-order valence-corrected chi connectivity index (χ1v) is 12.4. The van der Waals surface area contributed by atoms with Crippen LogP contribution in [0.1, 0.15) is 6.42 Å². The Morgan fingerprint density at radius 2 is 1.64 bits per heavy atom. The number of methoxy groups -OCH3 is 1. The number of pyridine rings is 1. The molecule has 1 saturated heterocycles. The molecule has 2 aromatic heterocycles. The van der Waals surface area contributed by atoms with Gasteiger partial charge in [0.25, 0.3) is 0 Å². The maximum Gasteiger partial charge on any atom is 0.162 e. The number of anilines is 1. The third-order valence-corrected chi connectivity index (χ3v) is 6.28. The van der Waals surface area contributed by atoms with Gasteiger partial charge in [0.1, 0.15) is 11.6 Å². The molecule has 0 bridgehead atoms. The van der Waals surface area contributed by atoms with Gasteiger partial charge >= 0.3 is 0 Å². The molecule has 1 aliphatic heterocycles. The van der Waals surface area contributed by atoms with Crippen LogP contribution in [0, 0.1) is 0 Å². The molecular formula is C29H31N5O2. The first kappa shape index (κ1) is 23.9. The van der Waals surface area contributed by atoms with Crippen molar-refractivity contribution < 1.29 is 9.47 Å². The van der Waals surface area contributed by atoms with Crippen molar-refractivity contribution in [2.75, 3.05) is 51.8 Å². The molecule has 0 saturated carbocycles. The van der Waals surface area contributed by atoms with Crippen LogP contribution in [0.2, 0.25) is 0 Å². The summed E-state index contributed by atoms with van der Waals surface area (Å²) in [5.41, 5.74) is 4.86. The predicted molar refractivity (Wildman–Crippen MR) is 143 cm³/mol. The highest BCUT2D eigenvalue weighted by Crippen LogP contribution is 2.28. The Morgan fingerprint density at radius 3 is 2.42 bits per heavy atom. The number of ether oxygens (including phenoxy) is 2. The van der Waals surface area contributed by atoms with E-state index in [1.165, 1.54) is 0 Å². The number of hydrogen-bond donors (Lipinski definition) is 1. The summed E-state index contributed by atoms with van der Waals surface area (Å²) in [4.78, 5) is 16.7. The highest BCUT2D eigenvalue weighted by Gasteiger charge is 2.12. The normalized spacial score (nSPS) is 13.9. The van der Waals surface area contributed by atoms with Crippen molar-refractivity contribution in [3.05, 3.63) is 79.1 Å². The summed E-state index contributed by atoms with van der Waals surface area (Å²) in [6.07, 6.45) is 4.76. The fraction of sp³-hybridized carbons (Fsp3) is 0.276. The van der Waals surface area contributed by atoms with Crippen LogP contribution in [0.3, 0.4) is 0 Å². The van der Waals surface area contributed by atoms with Gasteiger partial charge in [-0.2, -0.15) is 0 Å². The summed E-state index contributed by atoms with van der Waals surface area (Å²) in [5.74, 6) is 2.34. The molecule has 184 valence electrons. The maximum atomic E-state index is 5.45. The zero-order valence-electron chi connectivity index (χ0n) is 20.6. The molecule has 0 amide bonds. The van der Waals surface area contributed by atoms with Gasteiger partial charge in [0.2, 0.25) is 0 Å². The van der Waals surface area contributed by atoms with Crippen molar-refractivity contribution >= 4 is 5.82 Å². The molecule has 7 heteroatoms. The smallest absolute Gasteiger partial charge is 0.162 e. The van der Waals surface area contributed by atoms with Crippen LogP contribution >= 0.6 is 0 Å². The molecular weight excluding hydrogens is 450 g/mol. The van der Waals surface area contributed by atoms with E-state index >= 15 is 0 Å². The van der Waals surface area contributed by atoms with Crippen LogP contribution in [-0.4, -0.2) is 66.4 Å². The molecule has 0 atom stereocenters. The van der Waals surface area contributed by atoms with E-state index in [0.717, 1.165) is 85.3 Å². The van der Waals surface area contributed by atoms with Crippen LogP contribution in [0.25, 0.3) is 33.8 Å². The third kappa shape index (κ3) is 6.05. The second-order valence-corrected chi connectivity index (χ2v) is 8.75. The quantitative estimate of drug-likeness (QED) is 0.337. The zero-order chi connectivity index (χ0) is 24.6. The van der Waals surface area contributed by atoms with E-state index in [4.69, 9.17) is 19.4 Å². The summed E-state index contributed by atoms with van der Waals surface area (Å²) >= 11 is 0. The molecule has 0 aliphatic carbocycles. The number of nitrogens with one attached hydrogen (secondary N) is 1. The fourth-order valence-corrected chi connectivity index (χ4v) is 4.27. The van der Waals surface area contributed by atoms with Gasteiger partial charge in [-0.05, 0) is 36.7 Å². The van der Waals surface area contributed by atoms with Crippen molar-refractivity contribution in [3.63, 3.8) is 0 Å². The first-order valence-electron chi connectivity index (χ1n) is 12.4. The van der Waals surface area contributed by atoms with Gasteiger partial charge in [-0.15, -0.1) is 0 Å². The molecule has 0 radical (unpaired) electrons. The lowest BCUT2D eigenvalue weighted by Gasteiger charge is -2.26. The van der Waals surface area contributed by atoms with Crippen molar-refractivity contribution in [3.8, 4) is 39.5 Å². The Kier molecular flexibility index (Phi) is 7.80. The van der Waals surface area contributed by atoms with Crippen molar-refractivity contribution in [2.45, 2.75) is 6.42 Å². The minimum Gasteiger partial charge on any atom is -0.497 e. The summed E-state index contributed by atoms with van der Waals surface area (Å²) in [5, 5.41) is 3.52. The molecule has 3 heterocycles. The lowest BCUT2D eigenvalue weighted by molar-refractivity contribution is 0.0378. The molecule has 1 aliphatic rings. The zero-order valence-corrected chi connectivity index (χ0v) is 20.6. The number of benzene rings is 2. The topological polar surface area (TPSA) is 72.4 Å². The number of hydrogen-bond acceptors (Lipinski definition) is 7. The van der Waals surface area contributed by atoms with E-state index in [0.29, 0.717) is 5.82 Å². The minimum atomic E-state index is 0.693. The first-order chi connectivity index (χ1) is 17.8. The third-order valence-electron chi connectivity index (χ3n) is 6.28. The van der Waals surface area contributed by atoms with Gasteiger partial charge < -0.3 is 14.8 Å². The summed E-state index contributed by atoms with van der Waals surface area (Å²) < 4.78 is 10.7.